The maximum atomic E-state index is 12.3. The summed E-state index contributed by atoms with van der Waals surface area (Å²) in [5, 5.41) is 6.27. The summed E-state index contributed by atoms with van der Waals surface area (Å²) < 4.78 is 11.5. The van der Waals surface area contributed by atoms with E-state index >= 15 is 0 Å². The van der Waals surface area contributed by atoms with Crippen molar-refractivity contribution in [1.29, 1.82) is 0 Å². The van der Waals surface area contributed by atoms with Crippen molar-refractivity contribution in [3.8, 4) is 11.5 Å². The minimum Gasteiger partial charge on any atom is -0.486 e. The van der Waals surface area contributed by atoms with Gasteiger partial charge in [-0.1, -0.05) is 12.1 Å². The summed E-state index contributed by atoms with van der Waals surface area (Å²) in [5.74, 6) is 1.55. The summed E-state index contributed by atoms with van der Waals surface area (Å²) in [6.45, 7) is 6.56. The third-order valence-corrected chi connectivity index (χ3v) is 4.15. The van der Waals surface area contributed by atoms with Gasteiger partial charge in [0.2, 0.25) is 5.91 Å². The van der Waals surface area contributed by atoms with Crippen LogP contribution in [0.2, 0.25) is 0 Å². The van der Waals surface area contributed by atoms with E-state index in [4.69, 9.17) is 9.47 Å². The molecule has 0 bridgehead atoms. The van der Waals surface area contributed by atoms with Gasteiger partial charge in [-0.05, 0) is 19.1 Å². The molecule has 1 amide bonds. The molecular formula is C16H25Cl2N3O3. The van der Waals surface area contributed by atoms with Crippen LogP contribution in [-0.4, -0.2) is 62.3 Å². The number of hydrogen-bond acceptors (Lipinski definition) is 5. The van der Waals surface area contributed by atoms with Crippen molar-refractivity contribution in [3.05, 3.63) is 24.3 Å². The Balaban J connectivity index is 0.00000144. The second-order valence-electron chi connectivity index (χ2n) is 5.70. The van der Waals surface area contributed by atoms with E-state index in [2.05, 4.69) is 15.5 Å². The van der Waals surface area contributed by atoms with Gasteiger partial charge in [0.1, 0.15) is 12.7 Å². The molecule has 6 nitrogen and oxygen atoms in total. The lowest BCUT2D eigenvalue weighted by atomic mass is 10.2. The zero-order valence-corrected chi connectivity index (χ0v) is 15.3. The highest BCUT2D eigenvalue weighted by molar-refractivity contribution is 5.85. The number of nitrogens with zero attached hydrogens (tertiary/aromatic N) is 1. The van der Waals surface area contributed by atoms with E-state index in [1.807, 2.05) is 31.2 Å². The van der Waals surface area contributed by atoms with E-state index in [9.17, 15) is 4.79 Å². The van der Waals surface area contributed by atoms with Gasteiger partial charge in [-0.2, -0.15) is 0 Å². The fourth-order valence-electron chi connectivity index (χ4n) is 2.76. The van der Waals surface area contributed by atoms with Gasteiger partial charge in [0.15, 0.2) is 11.5 Å². The zero-order valence-electron chi connectivity index (χ0n) is 13.7. The molecule has 1 saturated heterocycles. The monoisotopic (exact) mass is 377 g/mol. The standard InChI is InChI=1S/C16H23N3O3.2ClH/c1-12(19-8-6-17-7-9-19)16(20)18-10-13-11-21-14-4-2-3-5-15(14)22-13;;/h2-5,12-13,17H,6-11H2,1H3,(H,18,20);2*1H. The molecule has 1 aromatic rings. The van der Waals surface area contributed by atoms with Crippen molar-refractivity contribution in [2.24, 2.45) is 0 Å². The first-order valence-corrected chi connectivity index (χ1v) is 7.85. The highest BCUT2D eigenvalue weighted by Gasteiger charge is 2.25. The summed E-state index contributed by atoms with van der Waals surface area (Å²) >= 11 is 0. The molecule has 0 saturated carbocycles. The Bertz CT molecular complexity index is 527. The Labute approximate surface area is 155 Å². The maximum absolute atomic E-state index is 12.3. The molecular weight excluding hydrogens is 353 g/mol. The lowest BCUT2D eigenvalue weighted by Crippen LogP contribution is -2.54. The molecule has 0 aliphatic carbocycles. The molecule has 2 heterocycles. The third kappa shape index (κ3) is 5.14. The van der Waals surface area contributed by atoms with Crippen LogP contribution in [0.15, 0.2) is 24.3 Å². The van der Waals surface area contributed by atoms with Crippen molar-refractivity contribution in [3.63, 3.8) is 0 Å². The molecule has 2 aliphatic heterocycles. The minimum atomic E-state index is -0.144. The van der Waals surface area contributed by atoms with Crippen LogP contribution in [0.1, 0.15) is 6.92 Å². The third-order valence-electron chi connectivity index (χ3n) is 4.15. The number of fused-ring (bicyclic) bond motifs is 1. The Hall–Kier alpha value is -1.21. The second-order valence-corrected chi connectivity index (χ2v) is 5.70. The van der Waals surface area contributed by atoms with Crippen LogP contribution in [-0.2, 0) is 4.79 Å². The Morgan fingerprint density at radius 3 is 2.67 bits per heavy atom. The molecule has 2 atom stereocenters. The van der Waals surface area contributed by atoms with Crippen molar-refractivity contribution >= 4 is 30.7 Å². The number of ether oxygens (including phenoxy) is 2. The molecule has 0 radical (unpaired) electrons. The van der Waals surface area contributed by atoms with E-state index in [1.54, 1.807) is 0 Å². The first-order chi connectivity index (χ1) is 10.7. The lowest BCUT2D eigenvalue weighted by Gasteiger charge is -2.32. The molecule has 24 heavy (non-hydrogen) atoms. The SMILES string of the molecule is CC(C(=O)NCC1COc2ccccc2O1)N1CCNCC1.Cl.Cl. The first-order valence-electron chi connectivity index (χ1n) is 7.85. The molecule has 1 fully saturated rings. The van der Waals surface area contributed by atoms with E-state index < -0.39 is 0 Å². The van der Waals surface area contributed by atoms with Crippen LogP contribution >= 0.6 is 24.8 Å². The number of amides is 1. The van der Waals surface area contributed by atoms with Crippen LogP contribution in [0.25, 0.3) is 0 Å². The molecule has 8 heteroatoms. The van der Waals surface area contributed by atoms with Gasteiger partial charge >= 0.3 is 0 Å². The van der Waals surface area contributed by atoms with Gasteiger partial charge in [0, 0.05) is 26.2 Å². The smallest absolute Gasteiger partial charge is 0.237 e. The molecule has 1 aromatic carbocycles. The molecule has 2 unspecified atom stereocenters. The number of nitrogens with one attached hydrogen (secondary N) is 2. The van der Waals surface area contributed by atoms with Gasteiger partial charge in [0.25, 0.3) is 0 Å². The number of carbonyl (C=O) groups is 1. The quantitative estimate of drug-likeness (QED) is 0.821. The predicted octanol–water partition coefficient (Wildman–Crippen LogP) is 1.08. The Kier molecular flexibility index (Phi) is 8.62. The maximum Gasteiger partial charge on any atom is 0.237 e. The van der Waals surface area contributed by atoms with Crippen molar-refractivity contribution in [2.75, 3.05) is 39.3 Å². The predicted molar refractivity (Wildman–Crippen MR) is 97.8 cm³/mol. The summed E-state index contributed by atoms with van der Waals surface area (Å²) in [6.07, 6.45) is -0.144. The number of piperazine rings is 1. The molecule has 2 N–H and O–H groups in total. The number of hydrogen-bond donors (Lipinski definition) is 2. The van der Waals surface area contributed by atoms with E-state index in [1.165, 1.54) is 0 Å². The molecule has 136 valence electrons. The summed E-state index contributed by atoms with van der Waals surface area (Å²) in [7, 11) is 0. The van der Waals surface area contributed by atoms with Gasteiger partial charge in [-0.15, -0.1) is 24.8 Å². The average molecular weight is 378 g/mol. The molecule has 3 rings (SSSR count). The van der Waals surface area contributed by atoms with Gasteiger partial charge in [0.05, 0.1) is 12.6 Å². The van der Waals surface area contributed by atoms with Crippen LogP contribution in [0.5, 0.6) is 11.5 Å². The van der Waals surface area contributed by atoms with Gasteiger partial charge in [-0.3, -0.25) is 9.69 Å². The number of para-hydroxylation sites is 2. The summed E-state index contributed by atoms with van der Waals surface area (Å²) in [6, 6.07) is 7.48. The normalized spacial score (nSPS) is 21.0. The Morgan fingerprint density at radius 1 is 1.29 bits per heavy atom. The molecule has 0 spiro atoms. The van der Waals surface area contributed by atoms with Gasteiger partial charge < -0.3 is 20.1 Å². The number of carbonyl (C=O) groups excluding carboxylic acids is 1. The van der Waals surface area contributed by atoms with Crippen molar-refractivity contribution in [1.82, 2.24) is 15.5 Å². The van der Waals surface area contributed by atoms with Gasteiger partial charge in [-0.25, -0.2) is 0 Å². The number of halogens is 2. The summed E-state index contributed by atoms with van der Waals surface area (Å²) in [4.78, 5) is 14.5. The lowest BCUT2D eigenvalue weighted by molar-refractivity contribution is -0.126. The topological polar surface area (TPSA) is 62.8 Å². The fourth-order valence-corrected chi connectivity index (χ4v) is 2.76. The zero-order chi connectivity index (χ0) is 15.4. The van der Waals surface area contributed by atoms with E-state index in [0.717, 1.165) is 37.7 Å². The second kappa shape index (κ2) is 9.93. The number of benzene rings is 1. The molecule has 2 aliphatic rings. The molecule has 0 aromatic heterocycles. The van der Waals surface area contributed by atoms with E-state index in [0.29, 0.717) is 13.2 Å². The summed E-state index contributed by atoms with van der Waals surface area (Å²) in [5.41, 5.74) is 0. The van der Waals surface area contributed by atoms with Crippen LogP contribution in [0.4, 0.5) is 0 Å². The highest BCUT2D eigenvalue weighted by Crippen LogP contribution is 2.30. The van der Waals surface area contributed by atoms with Crippen LogP contribution < -0.4 is 20.1 Å². The van der Waals surface area contributed by atoms with Crippen LogP contribution in [0.3, 0.4) is 0 Å². The van der Waals surface area contributed by atoms with Crippen LogP contribution in [0, 0.1) is 0 Å². The fraction of sp³-hybridized carbons (Fsp3) is 0.562. The minimum absolute atomic E-state index is 0. The van der Waals surface area contributed by atoms with Crippen molar-refractivity contribution < 1.29 is 14.3 Å². The Morgan fingerprint density at radius 2 is 1.96 bits per heavy atom. The highest BCUT2D eigenvalue weighted by atomic mass is 35.5. The largest absolute Gasteiger partial charge is 0.486 e. The number of rotatable bonds is 4. The van der Waals surface area contributed by atoms with E-state index in [-0.39, 0.29) is 42.9 Å². The average Bonchev–Trinajstić information content (AvgIpc) is 2.59. The van der Waals surface area contributed by atoms with Crippen molar-refractivity contribution in [2.45, 2.75) is 19.1 Å². The first kappa shape index (κ1) is 20.8.